The van der Waals surface area contributed by atoms with E-state index in [-0.39, 0.29) is 0 Å². The maximum atomic E-state index is 12.9. The molecule has 0 heterocycles. The summed E-state index contributed by atoms with van der Waals surface area (Å²) in [6.07, 6.45) is -3.82. The summed E-state index contributed by atoms with van der Waals surface area (Å²) in [5.41, 5.74) is 6.18. The molecule has 2 N–H and O–H groups in total. The zero-order valence-corrected chi connectivity index (χ0v) is 13.2. The van der Waals surface area contributed by atoms with Crippen LogP contribution in [-0.4, -0.2) is 25.9 Å². The van der Waals surface area contributed by atoms with Crippen LogP contribution in [0.4, 0.5) is 8.78 Å². The number of nitrogens with two attached hydrogens (primary N) is 1. The highest BCUT2D eigenvalue weighted by atomic mass is 19.3. The van der Waals surface area contributed by atoms with E-state index < -0.39 is 30.6 Å². The minimum atomic E-state index is -3.82. The largest absolute Gasteiger partial charge is 0.469 e. The molecule has 0 radical (unpaired) electrons. The summed E-state index contributed by atoms with van der Waals surface area (Å²) in [7, 11) is 1.21. The quantitative estimate of drug-likeness (QED) is 0.480. The van der Waals surface area contributed by atoms with Crippen LogP contribution in [0.5, 0.6) is 0 Å². The molecule has 0 aliphatic carbocycles. The van der Waals surface area contributed by atoms with Crippen LogP contribution >= 0.6 is 0 Å². The van der Waals surface area contributed by atoms with Crippen LogP contribution < -0.4 is 5.73 Å². The first-order chi connectivity index (χ1) is 11.4. The monoisotopic (exact) mass is 335 g/mol. The fourth-order valence-electron chi connectivity index (χ4n) is 2.63. The topological polar surface area (TPSA) is 61.5 Å². The van der Waals surface area contributed by atoms with Gasteiger partial charge in [0, 0.05) is 5.92 Å². The molecule has 0 aliphatic heterocycles. The van der Waals surface area contributed by atoms with E-state index in [1.165, 1.54) is 7.11 Å². The first-order valence-electron chi connectivity index (χ1n) is 7.40. The lowest BCUT2D eigenvalue weighted by Crippen LogP contribution is -2.37. The summed E-state index contributed by atoms with van der Waals surface area (Å²) in [5.74, 6) is -2.10. The van der Waals surface area contributed by atoms with Crippen LogP contribution in [0.2, 0.25) is 0 Å². The lowest BCUT2D eigenvalue weighted by atomic mass is 9.81. The van der Waals surface area contributed by atoms with E-state index in [0.717, 1.165) is 11.1 Å². The Bertz CT molecular complexity index is 605. The van der Waals surface area contributed by atoms with Crippen molar-refractivity contribution >= 4 is 5.97 Å². The van der Waals surface area contributed by atoms with Crippen molar-refractivity contribution in [3.05, 3.63) is 71.8 Å². The summed E-state index contributed by atoms with van der Waals surface area (Å²) in [5, 5.41) is 0. The summed E-state index contributed by atoms with van der Waals surface area (Å²) in [6, 6.07) is 18.3. The molecule has 0 spiro atoms. The van der Waals surface area contributed by atoms with E-state index in [0.29, 0.717) is 0 Å². The Hall–Kier alpha value is -2.31. The summed E-state index contributed by atoms with van der Waals surface area (Å²) >= 11 is 0. The average Bonchev–Trinajstić information content (AvgIpc) is 2.58. The molecule has 0 bridgehead atoms. The van der Waals surface area contributed by atoms with E-state index in [1.807, 2.05) is 60.7 Å². The smallest absolute Gasteiger partial charge is 0.419 e. The van der Waals surface area contributed by atoms with Gasteiger partial charge in [-0.05, 0) is 11.1 Å². The molecule has 2 rings (SSSR count). The van der Waals surface area contributed by atoms with Gasteiger partial charge in [-0.2, -0.15) is 8.78 Å². The third kappa shape index (κ3) is 4.84. The van der Waals surface area contributed by atoms with Crippen molar-refractivity contribution in [3.63, 3.8) is 0 Å². The number of carbonyl (C=O) groups excluding carboxylic acids is 1. The fourth-order valence-corrected chi connectivity index (χ4v) is 2.63. The van der Waals surface area contributed by atoms with E-state index in [1.54, 1.807) is 0 Å². The minimum Gasteiger partial charge on any atom is -0.469 e. The molecule has 2 aromatic rings. The molecule has 0 saturated heterocycles. The molecule has 0 aliphatic rings. The Morgan fingerprint density at radius 1 is 1.04 bits per heavy atom. The average molecular weight is 335 g/mol. The van der Waals surface area contributed by atoms with E-state index in [9.17, 15) is 13.6 Å². The van der Waals surface area contributed by atoms with Crippen molar-refractivity contribution in [2.45, 2.75) is 12.2 Å². The normalized spacial score (nSPS) is 12.9. The van der Waals surface area contributed by atoms with Gasteiger partial charge >= 0.3 is 12.2 Å². The highest BCUT2D eigenvalue weighted by molar-refractivity contribution is 5.74. The van der Waals surface area contributed by atoms with Gasteiger partial charge in [-0.25, -0.2) is 5.73 Å². The Morgan fingerprint density at radius 2 is 1.50 bits per heavy atom. The van der Waals surface area contributed by atoms with Gasteiger partial charge in [0.15, 0.2) is 0 Å². The van der Waals surface area contributed by atoms with Crippen LogP contribution in [-0.2, 0) is 14.3 Å². The Morgan fingerprint density at radius 3 is 1.88 bits per heavy atom. The number of alkyl halides is 2. The number of carbonyl (C=O) groups is 1. The zero-order chi connectivity index (χ0) is 17.6. The van der Waals surface area contributed by atoms with E-state index in [4.69, 9.17) is 4.74 Å². The Labute approximate surface area is 139 Å². The van der Waals surface area contributed by atoms with Crippen LogP contribution in [0.3, 0.4) is 0 Å². The lowest BCUT2D eigenvalue weighted by Gasteiger charge is -2.27. The molecule has 128 valence electrons. The number of hydrogen-bond acceptors (Lipinski definition) is 4. The van der Waals surface area contributed by atoms with Gasteiger partial charge in [-0.1, -0.05) is 60.7 Å². The molecular weight excluding hydrogens is 316 g/mol. The van der Waals surface area contributed by atoms with E-state index >= 15 is 0 Å². The van der Waals surface area contributed by atoms with Gasteiger partial charge in [0.05, 0.1) is 19.6 Å². The standard InChI is InChI=1S/C18H19F2NO3/c1-23-17(22)15(12-24-18(19,20)21)16(13-8-4-2-5-9-13)14-10-6-3-7-11-14/h2-11,15-16H,12,21H2,1H3. The third-order valence-corrected chi connectivity index (χ3v) is 3.68. The number of rotatable bonds is 7. The van der Waals surface area contributed by atoms with E-state index in [2.05, 4.69) is 10.5 Å². The molecule has 0 fully saturated rings. The Kier molecular flexibility index (Phi) is 6.00. The molecule has 0 aromatic heterocycles. The molecule has 6 heteroatoms. The van der Waals surface area contributed by atoms with Crippen molar-refractivity contribution in [1.82, 2.24) is 0 Å². The highest BCUT2D eigenvalue weighted by Gasteiger charge is 2.35. The molecule has 4 nitrogen and oxygen atoms in total. The van der Waals surface area contributed by atoms with Crippen LogP contribution in [0.15, 0.2) is 60.7 Å². The number of halogens is 2. The molecular formula is C18H19F2NO3. The maximum absolute atomic E-state index is 12.9. The second-order valence-electron chi connectivity index (χ2n) is 5.30. The Balaban J connectivity index is 2.43. The first-order valence-corrected chi connectivity index (χ1v) is 7.40. The number of esters is 1. The summed E-state index contributed by atoms with van der Waals surface area (Å²) in [6.45, 7) is -0.565. The van der Waals surface area contributed by atoms with Gasteiger partial charge in [0.2, 0.25) is 0 Å². The fraction of sp³-hybridized carbons (Fsp3) is 0.278. The minimum absolute atomic E-state index is 0.498. The van der Waals surface area contributed by atoms with Gasteiger partial charge in [-0.15, -0.1) is 0 Å². The van der Waals surface area contributed by atoms with Crippen LogP contribution in [0.25, 0.3) is 0 Å². The summed E-state index contributed by atoms with van der Waals surface area (Å²) in [4.78, 5) is 12.2. The molecule has 1 unspecified atom stereocenters. The summed E-state index contributed by atoms with van der Waals surface area (Å²) < 4.78 is 35.0. The molecule has 24 heavy (non-hydrogen) atoms. The maximum Gasteiger partial charge on any atom is 0.419 e. The predicted molar refractivity (Wildman–Crippen MR) is 85.3 cm³/mol. The van der Waals surface area contributed by atoms with Crippen molar-refractivity contribution < 1.29 is 23.0 Å². The van der Waals surface area contributed by atoms with Crippen molar-refractivity contribution in [1.29, 1.82) is 0 Å². The van der Waals surface area contributed by atoms with Crippen LogP contribution in [0, 0.1) is 5.92 Å². The zero-order valence-electron chi connectivity index (χ0n) is 13.2. The third-order valence-electron chi connectivity index (χ3n) is 3.68. The van der Waals surface area contributed by atoms with Gasteiger partial charge in [-0.3, -0.25) is 4.79 Å². The van der Waals surface area contributed by atoms with Crippen molar-refractivity contribution in [3.8, 4) is 0 Å². The highest BCUT2D eigenvalue weighted by Crippen LogP contribution is 2.33. The predicted octanol–water partition coefficient (Wildman–Crippen LogP) is 3.13. The van der Waals surface area contributed by atoms with Gasteiger partial charge in [0.1, 0.15) is 0 Å². The number of benzene rings is 2. The second-order valence-corrected chi connectivity index (χ2v) is 5.30. The molecule has 0 amide bonds. The lowest BCUT2D eigenvalue weighted by molar-refractivity contribution is -0.240. The van der Waals surface area contributed by atoms with Gasteiger partial charge in [0.25, 0.3) is 0 Å². The van der Waals surface area contributed by atoms with Crippen LogP contribution in [0.1, 0.15) is 17.0 Å². The number of ether oxygens (including phenoxy) is 2. The van der Waals surface area contributed by atoms with Crippen molar-refractivity contribution in [2.24, 2.45) is 11.7 Å². The number of methoxy groups -OCH3 is 1. The van der Waals surface area contributed by atoms with Crippen molar-refractivity contribution in [2.75, 3.05) is 13.7 Å². The number of hydrogen-bond donors (Lipinski definition) is 1. The van der Waals surface area contributed by atoms with Gasteiger partial charge < -0.3 is 9.47 Å². The molecule has 0 saturated carbocycles. The first kappa shape index (κ1) is 18.0. The SMILES string of the molecule is COC(=O)C(COC(N)(F)F)C(c1ccccc1)c1ccccc1. The second kappa shape index (κ2) is 7.99. The molecule has 1 atom stereocenters. The molecule has 2 aromatic carbocycles.